The van der Waals surface area contributed by atoms with E-state index in [1.807, 2.05) is 12.1 Å². The van der Waals surface area contributed by atoms with Gasteiger partial charge in [-0.15, -0.1) is 0 Å². The Morgan fingerprint density at radius 2 is 2.23 bits per heavy atom. The third-order valence-electron chi connectivity index (χ3n) is 4.62. The van der Waals surface area contributed by atoms with Crippen LogP contribution in [0, 0.1) is 13.8 Å². The van der Waals surface area contributed by atoms with Crippen molar-refractivity contribution in [3.63, 3.8) is 0 Å². The molecule has 114 valence electrons. The number of likely N-dealkylation sites (tertiary alicyclic amines) is 1. The summed E-state index contributed by atoms with van der Waals surface area (Å²) in [5, 5.41) is 15.4. The van der Waals surface area contributed by atoms with Gasteiger partial charge in [0.1, 0.15) is 11.0 Å². The van der Waals surface area contributed by atoms with E-state index in [2.05, 4.69) is 45.3 Å². The summed E-state index contributed by atoms with van der Waals surface area (Å²) in [6.07, 6.45) is 2.38. The summed E-state index contributed by atoms with van der Waals surface area (Å²) in [6.45, 7) is 6.14. The monoisotopic (exact) mass is 297 g/mol. The second-order valence-electron chi connectivity index (χ2n) is 6.03. The minimum atomic E-state index is 0.425. The molecule has 0 spiro atoms. The Kier molecular flexibility index (Phi) is 3.18. The zero-order chi connectivity index (χ0) is 15.1. The van der Waals surface area contributed by atoms with Crippen molar-refractivity contribution in [2.45, 2.75) is 39.3 Å². The van der Waals surface area contributed by atoms with Crippen LogP contribution in [0.1, 0.15) is 41.4 Å². The fourth-order valence-corrected chi connectivity index (χ4v) is 3.60. The number of hydrogen-bond acceptors (Lipinski definition) is 5. The lowest BCUT2D eigenvalue weighted by molar-refractivity contribution is 0.247. The maximum atomic E-state index is 4.87. The van der Waals surface area contributed by atoms with Gasteiger partial charge < -0.3 is 0 Å². The van der Waals surface area contributed by atoms with Crippen LogP contribution in [0.4, 0.5) is 0 Å². The number of benzene rings is 1. The first-order valence-corrected chi connectivity index (χ1v) is 7.69. The third kappa shape index (κ3) is 2.11. The van der Waals surface area contributed by atoms with Gasteiger partial charge in [0.2, 0.25) is 0 Å². The minimum absolute atomic E-state index is 0.425. The molecule has 3 aromatic rings. The van der Waals surface area contributed by atoms with Crippen LogP contribution in [0.2, 0.25) is 0 Å². The molecule has 1 aliphatic rings. The topological polar surface area (TPSA) is 70.8 Å². The summed E-state index contributed by atoms with van der Waals surface area (Å²) in [4.78, 5) is 2.51. The van der Waals surface area contributed by atoms with Gasteiger partial charge in [-0.3, -0.25) is 10.00 Å². The Bertz CT molecular complexity index is 786. The molecule has 6 heteroatoms. The quantitative estimate of drug-likeness (QED) is 0.805. The van der Waals surface area contributed by atoms with E-state index in [1.54, 1.807) is 0 Å². The van der Waals surface area contributed by atoms with Gasteiger partial charge in [-0.05, 0) is 55.2 Å². The highest BCUT2D eigenvalue weighted by atomic mass is 16.6. The summed E-state index contributed by atoms with van der Waals surface area (Å²) in [5.41, 5.74) is 6.50. The van der Waals surface area contributed by atoms with Gasteiger partial charge in [0.05, 0.1) is 5.69 Å². The van der Waals surface area contributed by atoms with Gasteiger partial charge in [-0.25, -0.2) is 4.63 Å². The van der Waals surface area contributed by atoms with E-state index in [9.17, 15) is 0 Å². The molecule has 3 heterocycles. The van der Waals surface area contributed by atoms with Gasteiger partial charge in [0.15, 0.2) is 0 Å². The minimum Gasteiger partial charge on any atom is -0.292 e. The molecular weight excluding hydrogens is 278 g/mol. The van der Waals surface area contributed by atoms with Crippen LogP contribution in [0.3, 0.4) is 0 Å². The van der Waals surface area contributed by atoms with Gasteiger partial charge in [-0.2, -0.15) is 5.10 Å². The number of aromatic amines is 1. The fraction of sp³-hybridized carbons (Fsp3) is 0.438. The maximum absolute atomic E-state index is 4.87. The number of nitrogens with one attached hydrogen (secondary N) is 1. The van der Waals surface area contributed by atoms with E-state index >= 15 is 0 Å². The molecule has 2 aromatic heterocycles. The van der Waals surface area contributed by atoms with E-state index in [0.717, 1.165) is 29.8 Å². The van der Waals surface area contributed by atoms with E-state index < -0.39 is 0 Å². The highest BCUT2D eigenvalue weighted by Gasteiger charge is 2.30. The Balaban J connectivity index is 1.66. The predicted octanol–water partition coefficient (Wildman–Crippen LogP) is 2.90. The molecule has 0 radical (unpaired) electrons. The number of hydrogen-bond donors (Lipinski definition) is 1. The van der Waals surface area contributed by atoms with Crippen LogP contribution in [0.15, 0.2) is 22.8 Å². The van der Waals surface area contributed by atoms with Crippen molar-refractivity contribution in [3.8, 4) is 0 Å². The summed E-state index contributed by atoms with van der Waals surface area (Å²) >= 11 is 0. The lowest BCUT2D eigenvalue weighted by atomic mass is 10.0. The molecule has 0 unspecified atom stereocenters. The van der Waals surface area contributed by atoms with Crippen LogP contribution >= 0.6 is 0 Å². The molecule has 22 heavy (non-hydrogen) atoms. The van der Waals surface area contributed by atoms with Crippen molar-refractivity contribution in [1.29, 1.82) is 0 Å². The molecule has 6 nitrogen and oxygen atoms in total. The van der Waals surface area contributed by atoms with Gasteiger partial charge in [-0.1, -0.05) is 12.1 Å². The van der Waals surface area contributed by atoms with E-state index in [0.29, 0.717) is 6.04 Å². The van der Waals surface area contributed by atoms with Crippen LogP contribution in [0.25, 0.3) is 11.0 Å². The molecule has 1 aliphatic heterocycles. The first-order valence-electron chi connectivity index (χ1n) is 7.69. The first-order chi connectivity index (χ1) is 10.7. The van der Waals surface area contributed by atoms with Gasteiger partial charge in [0.25, 0.3) is 0 Å². The Labute approximate surface area is 128 Å². The number of aromatic nitrogens is 4. The van der Waals surface area contributed by atoms with E-state index in [1.165, 1.54) is 29.7 Å². The van der Waals surface area contributed by atoms with Crippen LogP contribution in [0.5, 0.6) is 0 Å². The molecule has 1 saturated heterocycles. The van der Waals surface area contributed by atoms with Crippen molar-refractivity contribution < 1.29 is 4.63 Å². The van der Waals surface area contributed by atoms with E-state index in [4.69, 9.17) is 4.63 Å². The van der Waals surface area contributed by atoms with Crippen molar-refractivity contribution in [2.24, 2.45) is 0 Å². The second kappa shape index (κ2) is 5.21. The molecule has 0 saturated carbocycles. The molecule has 1 N–H and O–H groups in total. The summed E-state index contributed by atoms with van der Waals surface area (Å²) in [7, 11) is 0. The predicted molar refractivity (Wildman–Crippen MR) is 82.3 cm³/mol. The lowest BCUT2D eigenvalue weighted by Crippen LogP contribution is -2.23. The average Bonchev–Trinajstić information content (AvgIpc) is 3.21. The zero-order valence-corrected chi connectivity index (χ0v) is 12.8. The SMILES string of the molecule is Cc1n[nH]c(C)c1[C@H]1CCCN1Cc1cccc2nonc12. The number of rotatable bonds is 3. The molecule has 1 aromatic carbocycles. The van der Waals surface area contributed by atoms with Crippen LogP contribution in [-0.2, 0) is 6.54 Å². The molecule has 0 aliphatic carbocycles. The van der Waals surface area contributed by atoms with Crippen molar-refractivity contribution >= 4 is 11.0 Å². The molecule has 0 amide bonds. The largest absolute Gasteiger partial charge is 0.292 e. The number of nitrogens with zero attached hydrogens (tertiary/aromatic N) is 4. The Morgan fingerprint density at radius 3 is 3.05 bits per heavy atom. The molecular formula is C16H19N5O. The van der Waals surface area contributed by atoms with Crippen molar-refractivity contribution in [3.05, 3.63) is 40.7 Å². The van der Waals surface area contributed by atoms with Gasteiger partial charge >= 0.3 is 0 Å². The van der Waals surface area contributed by atoms with Gasteiger partial charge in [0, 0.05) is 23.8 Å². The highest BCUT2D eigenvalue weighted by Crippen LogP contribution is 2.36. The number of fused-ring (bicyclic) bond motifs is 1. The smallest absolute Gasteiger partial charge is 0.139 e. The molecule has 1 atom stereocenters. The lowest BCUT2D eigenvalue weighted by Gasteiger charge is -2.25. The standard InChI is InChI=1S/C16H19N5O/c1-10-15(11(2)18-17-10)14-7-4-8-21(14)9-12-5-3-6-13-16(12)20-22-19-13/h3,5-6,14H,4,7-9H2,1-2H3,(H,17,18)/t14-/m1/s1. The number of aryl methyl sites for hydroxylation is 2. The van der Waals surface area contributed by atoms with Crippen LogP contribution < -0.4 is 0 Å². The summed E-state index contributed by atoms with van der Waals surface area (Å²) in [5.74, 6) is 0. The summed E-state index contributed by atoms with van der Waals surface area (Å²) < 4.78 is 4.87. The summed E-state index contributed by atoms with van der Waals surface area (Å²) in [6, 6.07) is 6.48. The zero-order valence-electron chi connectivity index (χ0n) is 12.8. The molecule has 1 fully saturated rings. The number of H-pyrrole nitrogens is 1. The fourth-order valence-electron chi connectivity index (χ4n) is 3.60. The highest BCUT2D eigenvalue weighted by molar-refractivity contribution is 5.76. The maximum Gasteiger partial charge on any atom is 0.139 e. The Hall–Kier alpha value is -2.21. The first kappa shape index (κ1) is 13.5. The third-order valence-corrected chi connectivity index (χ3v) is 4.62. The Morgan fingerprint density at radius 1 is 1.32 bits per heavy atom. The van der Waals surface area contributed by atoms with Crippen molar-refractivity contribution in [1.82, 2.24) is 25.4 Å². The normalized spacial score (nSPS) is 19.3. The molecule has 4 rings (SSSR count). The van der Waals surface area contributed by atoms with Crippen molar-refractivity contribution in [2.75, 3.05) is 6.54 Å². The second-order valence-corrected chi connectivity index (χ2v) is 6.03. The molecule has 0 bridgehead atoms. The van der Waals surface area contributed by atoms with Crippen LogP contribution in [-0.4, -0.2) is 32.0 Å². The van der Waals surface area contributed by atoms with E-state index in [-0.39, 0.29) is 0 Å². The average molecular weight is 297 g/mol.